The summed E-state index contributed by atoms with van der Waals surface area (Å²) >= 11 is 3.37. The summed E-state index contributed by atoms with van der Waals surface area (Å²) in [6.07, 6.45) is 0. The highest BCUT2D eigenvalue weighted by molar-refractivity contribution is 9.10. The molecule has 0 aliphatic heterocycles. The molecule has 0 aliphatic carbocycles. The number of hydrogen-bond acceptors (Lipinski definition) is 3. The third-order valence-corrected chi connectivity index (χ3v) is 5.35. The maximum Gasteiger partial charge on any atom is 0.262 e. The number of benzene rings is 2. The van der Waals surface area contributed by atoms with Gasteiger partial charge in [0.15, 0.2) is 0 Å². The molecule has 3 N–H and O–H groups in total. The highest BCUT2D eigenvalue weighted by atomic mass is 79.9. The topological polar surface area (TPSA) is 72.2 Å². The molecule has 6 heteroatoms. The first-order chi connectivity index (χ1) is 9.70. The van der Waals surface area contributed by atoms with Crippen LogP contribution in [0, 0.1) is 20.8 Å². The zero-order valence-electron chi connectivity index (χ0n) is 12.1. The van der Waals surface area contributed by atoms with Gasteiger partial charge in [-0.3, -0.25) is 4.72 Å². The van der Waals surface area contributed by atoms with Gasteiger partial charge in [-0.25, -0.2) is 8.42 Å². The smallest absolute Gasteiger partial charge is 0.262 e. The van der Waals surface area contributed by atoms with E-state index in [-0.39, 0.29) is 4.90 Å². The van der Waals surface area contributed by atoms with Crippen molar-refractivity contribution >= 4 is 37.3 Å². The molecule has 0 saturated heterocycles. The zero-order chi connectivity index (χ0) is 15.8. The molecule has 2 aromatic carbocycles. The van der Waals surface area contributed by atoms with Crippen molar-refractivity contribution in [2.24, 2.45) is 0 Å². The minimum Gasteiger partial charge on any atom is -0.398 e. The molecule has 0 aliphatic rings. The van der Waals surface area contributed by atoms with Crippen LogP contribution in [0.4, 0.5) is 11.4 Å². The van der Waals surface area contributed by atoms with Gasteiger partial charge < -0.3 is 5.73 Å². The van der Waals surface area contributed by atoms with Gasteiger partial charge in [-0.1, -0.05) is 6.07 Å². The summed E-state index contributed by atoms with van der Waals surface area (Å²) in [6, 6.07) is 8.81. The predicted octanol–water partition coefficient (Wildman–Crippen LogP) is 3.76. The highest BCUT2D eigenvalue weighted by Crippen LogP contribution is 2.29. The third-order valence-electron chi connectivity index (χ3n) is 3.20. The summed E-state index contributed by atoms with van der Waals surface area (Å²) in [6.45, 7) is 5.46. The Bertz CT molecular complexity index is 802. The lowest BCUT2D eigenvalue weighted by Gasteiger charge is -2.14. The second-order valence-corrected chi connectivity index (χ2v) is 7.57. The average Bonchev–Trinajstić information content (AvgIpc) is 2.37. The van der Waals surface area contributed by atoms with Crippen LogP contribution in [0.2, 0.25) is 0 Å². The van der Waals surface area contributed by atoms with Crippen LogP contribution in [0.15, 0.2) is 39.7 Å². The molecule has 0 bridgehead atoms. The lowest BCUT2D eigenvalue weighted by atomic mass is 10.1. The Morgan fingerprint density at radius 2 is 1.71 bits per heavy atom. The fourth-order valence-corrected chi connectivity index (χ4v) is 4.20. The van der Waals surface area contributed by atoms with Crippen molar-refractivity contribution < 1.29 is 8.42 Å². The number of halogens is 1. The third kappa shape index (κ3) is 3.39. The van der Waals surface area contributed by atoms with E-state index in [2.05, 4.69) is 20.7 Å². The average molecular weight is 369 g/mol. The van der Waals surface area contributed by atoms with Crippen LogP contribution in [-0.4, -0.2) is 8.42 Å². The minimum atomic E-state index is -3.68. The van der Waals surface area contributed by atoms with Gasteiger partial charge in [0.1, 0.15) is 0 Å². The maximum atomic E-state index is 12.6. The SMILES string of the molecule is Cc1ccc(NS(=O)(=O)c2cc(C)cc(N)c2C)c(Br)c1. The Morgan fingerprint density at radius 3 is 2.33 bits per heavy atom. The van der Waals surface area contributed by atoms with Gasteiger partial charge in [-0.15, -0.1) is 0 Å². The minimum absolute atomic E-state index is 0.201. The van der Waals surface area contributed by atoms with Crippen LogP contribution >= 0.6 is 15.9 Å². The van der Waals surface area contributed by atoms with Crippen LogP contribution in [-0.2, 0) is 10.0 Å². The summed E-state index contributed by atoms with van der Waals surface area (Å²) in [7, 11) is -3.68. The molecule has 0 fully saturated rings. The fraction of sp³-hybridized carbons (Fsp3) is 0.200. The van der Waals surface area contributed by atoms with Gasteiger partial charge in [0.25, 0.3) is 10.0 Å². The number of rotatable bonds is 3. The molecule has 2 rings (SSSR count). The van der Waals surface area contributed by atoms with Crippen LogP contribution < -0.4 is 10.5 Å². The van der Waals surface area contributed by atoms with Crippen LogP contribution in [0.5, 0.6) is 0 Å². The zero-order valence-corrected chi connectivity index (χ0v) is 14.5. The molecule has 4 nitrogen and oxygen atoms in total. The van der Waals surface area contributed by atoms with Gasteiger partial charge in [0.2, 0.25) is 0 Å². The van der Waals surface area contributed by atoms with E-state index < -0.39 is 10.0 Å². The van der Waals surface area contributed by atoms with Crippen molar-refractivity contribution in [3.8, 4) is 0 Å². The van der Waals surface area contributed by atoms with E-state index in [0.717, 1.165) is 11.1 Å². The van der Waals surface area contributed by atoms with E-state index in [9.17, 15) is 8.42 Å². The molecular weight excluding hydrogens is 352 g/mol. The fourth-order valence-electron chi connectivity index (χ4n) is 2.03. The maximum absolute atomic E-state index is 12.6. The number of nitrogens with two attached hydrogens (primary N) is 1. The molecule has 21 heavy (non-hydrogen) atoms. The van der Waals surface area contributed by atoms with Gasteiger partial charge >= 0.3 is 0 Å². The van der Waals surface area contributed by atoms with E-state index in [4.69, 9.17) is 5.73 Å². The van der Waals surface area contributed by atoms with Crippen molar-refractivity contribution in [1.82, 2.24) is 0 Å². The van der Waals surface area contributed by atoms with Gasteiger partial charge in [0.05, 0.1) is 10.6 Å². The van der Waals surface area contributed by atoms with E-state index >= 15 is 0 Å². The van der Waals surface area contributed by atoms with Gasteiger partial charge in [-0.05, 0) is 77.7 Å². The molecule has 0 aromatic heterocycles. The normalized spacial score (nSPS) is 11.4. The van der Waals surface area contributed by atoms with Crippen LogP contribution in [0.1, 0.15) is 16.7 Å². The molecule has 0 saturated carbocycles. The second kappa shape index (κ2) is 5.69. The Kier molecular flexibility index (Phi) is 4.30. The number of anilines is 2. The Balaban J connectivity index is 2.48. The summed E-state index contributed by atoms with van der Waals surface area (Å²) in [5.41, 5.74) is 9.23. The van der Waals surface area contributed by atoms with Gasteiger partial charge in [0, 0.05) is 10.2 Å². The van der Waals surface area contributed by atoms with Crippen molar-refractivity contribution in [3.63, 3.8) is 0 Å². The molecule has 2 aromatic rings. The number of hydrogen-bond donors (Lipinski definition) is 2. The molecule has 0 unspecified atom stereocenters. The molecule has 112 valence electrons. The molecule has 0 radical (unpaired) electrons. The lowest BCUT2D eigenvalue weighted by Crippen LogP contribution is -2.15. The van der Waals surface area contributed by atoms with Gasteiger partial charge in [-0.2, -0.15) is 0 Å². The Hall–Kier alpha value is -1.53. The Morgan fingerprint density at radius 1 is 1.05 bits per heavy atom. The first kappa shape index (κ1) is 15.9. The summed E-state index contributed by atoms with van der Waals surface area (Å²) in [5.74, 6) is 0. The van der Waals surface area contributed by atoms with Crippen LogP contribution in [0.25, 0.3) is 0 Å². The molecule has 0 heterocycles. The van der Waals surface area contributed by atoms with Crippen molar-refractivity contribution in [2.75, 3.05) is 10.5 Å². The summed E-state index contributed by atoms with van der Waals surface area (Å²) < 4.78 is 28.4. The highest BCUT2D eigenvalue weighted by Gasteiger charge is 2.19. The number of nitrogens with one attached hydrogen (secondary N) is 1. The second-order valence-electron chi connectivity index (χ2n) is 5.07. The number of nitrogen functional groups attached to an aromatic ring is 1. The molecule has 0 atom stereocenters. The molecule has 0 spiro atoms. The Labute approximate surface area is 133 Å². The molecular formula is C15H17BrN2O2S. The largest absolute Gasteiger partial charge is 0.398 e. The van der Waals surface area contributed by atoms with E-state index in [1.165, 1.54) is 0 Å². The monoisotopic (exact) mass is 368 g/mol. The number of aryl methyl sites for hydroxylation is 2. The van der Waals surface area contributed by atoms with Crippen LogP contribution in [0.3, 0.4) is 0 Å². The van der Waals surface area contributed by atoms with Crippen molar-refractivity contribution in [2.45, 2.75) is 25.7 Å². The van der Waals surface area contributed by atoms with Crippen molar-refractivity contribution in [3.05, 3.63) is 51.5 Å². The molecule has 0 amide bonds. The lowest BCUT2D eigenvalue weighted by molar-refractivity contribution is 0.600. The quantitative estimate of drug-likeness (QED) is 0.810. The van der Waals surface area contributed by atoms with E-state index in [0.29, 0.717) is 21.4 Å². The van der Waals surface area contributed by atoms with E-state index in [1.807, 2.05) is 26.0 Å². The van der Waals surface area contributed by atoms with Crippen molar-refractivity contribution in [1.29, 1.82) is 0 Å². The van der Waals surface area contributed by atoms with E-state index in [1.54, 1.807) is 25.1 Å². The summed E-state index contributed by atoms with van der Waals surface area (Å²) in [5, 5.41) is 0. The first-order valence-electron chi connectivity index (χ1n) is 6.36. The summed E-state index contributed by atoms with van der Waals surface area (Å²) in [4.78, 5) is 0.201. The standard InChI is InChI=1S/C15H17BrN2O2S/c1-9-4-5-14(12(16)6-9)18-21(19,20)15-8-10(2)7-13(17)11(15)3/h4-8,18H,17H2,1-3H3. The first-order valence-corrected chi connectivity index (χ1v) is 8.64. The number of sulfonamides is 1. The predicted molar refractivity (Wildman–Crippen MR) is 90.0 cm³/mol.